The quantitative estimate of drug-likeness (QED) is 0.770. The van der Waals surface area contributed by atoms with Crippen LogP contribution in [-0.2, 0) is 6.42 Å². The summed E-state index contributed by atoms with van der Waals surface area (Å²) in [5.41, 5.74) is 6.76. The van der Waals surface area contributed by atoms with Gasteiger partial charge in [0.2, 0.25) is 0 Å². The zero-order valence-electron chi connectivity index (χ0n) is 11.3. The van der Waals surface area contributed by atoms with E-state index in [0.29, 0.717) is 12.2 Å². The zero-order valence-corrected chi connectivity index (χ0v) is 13.4. The molecule has 0 saturated carbocycles. The minimum absolute atomic E-state index is 0.0101. The van der Waals surface area contributed by atoms with Crippen molar-refractivity contribution < 1.29 is 9.13 Å². The highest BCUT2D eigenvalue weighted by Crippen LogP contribution is 2.27. The third kappa shape index (κ3) is 4.18. The van der Waals surface area contributed by atoms with Gasteiger partial charge in [0, 0.05) is 9.61 Å². The van der Waals surface area contributed by atoms with E-state index in [4.69, 9.17) is 10.5 Å². The molecule has 0 amide bonds. The van der Waals surface area contributed by atoms with Crippen molar-refractivity contribution >= 4 is 22.6 Å². The first-order valence-electron chi connectivity index (χ1n) is 6.56. The van der Waals surface area contributed by atoms with Crippen molar-refractivity contribution in [3.8, 4) is 11.5 Å². The Morgan fingerprint density at radius 1 is 1.20 bits per heavy atom. The normalized spacial score (nSPS) is 12.2. The van der Waals surface area contributed by atoms with E-state index in [1.165, 1.54) is 12.1 Å². The van der Waals surface area contributed by atoms with Crippen LogP contribution in [0.1, 0.15) is 18.9 Å². The molecule has 4 heteroatoms. The average Bonchev–Trinajstić information content (AvgIpc) is 2.44. The topological polar surface area (TPSA) is 35.2 Å². The number of halogens is 2. The van der Waals surface area contributed by atoms with E-state index in [1.807, 2.05) is 31.2 Å². The van der Waals surface area contributed by atoms with Gasteiger partial charge in [0.15, 0.2) is 0 Å². The van der Waals surface area contributed by atoms with Crippen LogP contribution in [0.25, 0.3) is 0 Å². The molecule has 2 N–H and O–H groups in total. The molecular weight excluding hydrogens is 368 g/mol. The molecule has 0 aromatic heterocycles. The van der Waals surface area contributed by atoms with Gasteiger partial charge in [0.25, 0.3) is 0 Å². The number of nitrogens with two attached hydrogens (primary N) is 1. The van der Waals surface area contributed by atoms with Crippen molar-refractivity contribution in [1.29, 1.82) is 0 Å². The van der Waals surface area contributed by atoms with Crippen molar-refractivity contribution in [2.75, 3.05) is 0 Å². The Hall–Kier alpha value is -1.14. The van der Waals surface area contributed by atoms with Crippen LogP contribution in [0.4, 0.5) is 4.39 Å². The first-order valence-corrected chi connectivity index (χ1v) is 7.63. The second-order valence-corrected chi connectivity index (χ2v) is 5.93. The monoisotopic (exact) mass is 385 g/mol. The number of benzene rings is 2. The maximum Gasteiger partial charge on any atom is 0.130 e. The van der Waals surface area contributed by atoms with Gasteiger partial charge in [-0.15, -0.1) is 0 Å². The third-order valence-corrected chi connectivity index (χ3v) is 3.79. The molecular formula is C16H17FINO. The third-order valence-electron chi connectivity index (χ3n) is 3.07. The Labute approximate surface area is 132 Å². The van der Waals surface area contributed by atoms with Gasteiger partial charge in [-0.2, -0.15) is 0 Å². The molecule has 0 spiro atoms. The van der Waals surface area contributed by atoms with Gasteiger partial charge in [-0.1, -0.05) is 6.92 Å². The van der Waals surface area contributed by atoms with Gasteiger partial charge < -0.3 is 10.5 Å². The van der Waals surface area contributed by atoms with Crippen molar-refractivity contribution in [2.24, 2.45) is 5.73 Å². The lowest BCUT2D eigenvalue weighted by Gasteiger charge is -2.14. The average molecular weight is 385 g/mol. The molecule has 2 nitrogen and oxygen atoms in total. The summed E-state index contributed by atoms with van der Waals surface area (Å²) in [7, 11) is 0. The van der Waals surface area contributed by atoms with Crippen LogP contribution in [0.15, 0.2) is 42.5 Å². The number of hydrogen-bond donors (Lipinski definition) is 1. The number of rotatable bonds is 5. The van der Waals surface area contributed by atoms with Crippen LogP contribution in [-0.4, -0.2) is 6.04 Å². The Balaban J connectivity index is 2.23. The molecule has 1 unspecified atom stereocenters. The summed E-state index contributed by atoms with van der Waals surface area (Å²) in [6.45, 7) is 2.02. The van der Waals surface area contributed by atoms with E-state index in [9.17, 15) is 4.39 Å². The lowest BCUT2D eigenvalue weighted by atomic mass is 10.0. The van der Waals surface area contributed by atoms with Gasteiger partial charge in [-0.3, -0.25) is 0 Å². The SMILES string of the molecule is CCC(N)Cc1cc(F)ccc1Oc1ccc(I)cc1. The molecule has 2 aromatic rings. The highest BCUT2D eigenvalue weighted by atomic mass is 127. The van der Waals surface area contributed by atoms with Crippen LogP contribution in [0, 0.1) is 9.39 Å². The van der Waals surface area contributed by atoms with Gasteiger partial charge in [0.1, 0.15) is 17.3 Å². The van der Waals surface area contributed by atoms with Crippen molar-refractivity contribution in [1.82, 2.24) is 0 Å². The Bertz CT molecular complexity index is 571. The molecule has 0 aliphatic heterocycles. The Morgan fingerprint density at radius 2 is 1.90 bits per heavy atom. The van der Waals surface area contributed by atoms with Crippen molar-refractivity contribution in [3.63, 3.8) is 0 Å². The molecule has 106 valence electrons. The minimum Gasteiger partial charge on any atom is -0.457 e. The minimum atomic E-state index is -0.265. The molecule has 2 rings (SSSR count). The Morgan fingerprint density at radius 3 is 2.55 bits per heavy atom. The molecule has 0 bridgehead atoms. The summed E-state index contributed by atoms with van der Waals surface area (Å²) in [5.74, 6) is 1.14. The van der Waals surface area contributed by atoms with Crippen LogP contribution in [0.5, 0.6) is 11.5 Å². The van der Waals surface area contributed by atoms with Crippen molar-refractivity contribution in [3.05, 3.63) is 57.4 Å². The molecule has 1 atom stereocenters. The van der Waals surface area contributed by atoms with Gasteiger partial charge in [-0.25, -0.2) is 4.39 Å². The first-order chi connectivity index (χ1) is 9.58. The summed E-state index contributed by atoms with van der Waals surface area (Å²) in [6.07, 6.45) is 1.45. The predicted molar refractivity (Wildman–Crippen MR) is 87.6 cm³/mol. The largest absolute Gasteiger partial charge is 0.457 e. The van der Waals surface area contributed by atoms with Crippen LogP contribution in [0.2, 0.25) is 0 Å². The van der Waals surface area contributed by atoms with Gasteiger partial charge in [-0.05, 0) is 83.5 Å². The summed E-state index contributed by atoms with van der Waals surface area (Å²) in [4.78, 5) is 0. The summed E-state index contributed by atoms with van der Waals surface area (Å²) in [5, 5.41) is 0. The Kier molecular flexibility index (Phi) is 5.37. The predicted octanol–water partition coefficient (Wildman–Crippen LogP) is 4.50. The maximum atomic E-state index is 13.4. The molecule has 0 saturated heterocycles. The van der Waals surface area contributed by atoms with Gasteiger partial charge >= 0.3 is 0 Å². The van der Waals surface area contributed by atoms with Gasteiger partial charge in [0.05, 0.1) is 0 Å². The van der Waals surface area contributed by atoms with E-state index in [1.54, 1.807) is 6.07 Å². The molecule has 2 aromatic carbocycles. The fourth-order valence-electron chi connectivity index (χ4n) is 1.86. The fourth-order valence-corrected chi connectivity index (χ4v) is 2.22. The molecule has 0 heterocycles. The van der Waals surface area contributed by atoms with E-state index in [2.05, 4.69) is 22.6 Å². The van der Waals surface area contributed by atoms with E-state index in [0.717, 1.165) is 21.3 Å². The summed E-state index contributed by atoms with van der Waals surface area (Å²) < 4.78 is 20.4. The van der Waals surface area contributed by atoms with E-state index in [-0.39, 0.29) is 11.9 Å². The van der Waals surface area contributed by atoms with Crippen LogP contribution in [0.3, 0.4) is 0 Å². The lowest BCUT2D eigenvalue weighted by molar-refractivity contribution is 0.469. The second-order valence-electron chi connectivity index (χ2n) is 4.68. The van der Waals surface area contributed by atoms with E-state index < -0.39 is 0 Å². The molecule has 0 aliphatic carbocycles. The van der Waals surface area contributed by atoms with Crippen LogP contribution >= 0.6 is 22.6 Å². The lowest BCUT2D eigenvalue weighted by Crippen LogP contribution is -2.21. The van der Waals surface area contributed by atoms with Crippen molar-refractivity contribution in [2.45, 2.75) is 25.8 Å². The summed E-state index contributed by atoms with van der Waals surface area (Å²) >= 11 is 2.24. The number of hydrogen-bond acceptors (Lipinski definition) is 2. The number of ether oxygens (including phenoxy) is 1. The standard InChI is InChI=1S/C16H17FINO/c1-2-14(19)10-11-9-12(17)3-8-16(11)20-15-6-4-13(18)5-7-15/h3-9,14H,2,10,19H2,1H3. The second kappa shape index (κ2) is 7.04. The smallest absolute Gasteiger partial charge is 0.130 e. The zero-order chi connectivity index (χ0) is 14.5. The first kappa shape index (κ1) is 15.3. The molecule has 20 heavy (non-hydrogen) atoms. The molecule has 0 aliphatic rings. The van der Waals surface area contributed by atoms with E-state index >= 15 is 0 Å². The molecule has 0 fully saturated rings. The highest BCUT2D eigenvalue weighted by Gasteiger charge is 2.10. The van der Waals surface area contributed by atoms with Crippen LogP contribution < -0.4 is 10.5 Å². The molecule has 0 radical (unpaired) electrons. The fraction of sp³-hybridized carbons (Fsp3) is 0.250. The summed E-state index contributed by atoms with van der Waals surface area (Å²) in [6, 6.07) is 12.3. The maximum absolute atomic E-state index is 13.4. The highest BCUT2D eigenvalue weighted by molar-refractivity contribution is 14.1.